The normalized spacial score (nSPS) is 9.82. The Morgan fingerprint density at radius 3 is 1.48 bits per heavy atom. The molecule has 170 valence electrons. The third-order valence-electron chi connectivity index (χ3n) is 6.43. The van der Waals surface area contributed by atoms with E-state index in [1.165, 1.54) is 38.7 Å². The van der Waals surface area contributed by atoms with Crippen LogP contribution in [-0.2, 0) is 34.2 Å². The molecule has 0 aliphatic rings. The second-order valence-corrected chi connectivity index (χ2v) is 10.9. The summed E-state index contributed by atoms with van der Waals surface area (Å²) in [5.74, 6) is 0. The van der Waals surface area contributed by atoms with Gasteiger partial charge in [0, 0.05) is 0 Å². The molecule has 0 bridgehead atoms. The minimum absolute atomic E-state index is 0. The topological polar surface area (TPSA) is 0 Å². The van der Waals surface area contributed by atoms with Crippen LogP contribution < -0.4 is 47.6 Å². The summed E-state index contributed by atoms with van der Waals surface area (Å²) < 4.78 is 0. The van der Waals surface area contributed by atoms with Crippen LogP contribution in [0.3, 0.4) is 0 Å². The molecule has 0 radical (unpaired) electrons. The van der Waals surface area contributed by atoms with Crippen molar-refractivity contribution in [1.82, 2.24) is 0 Å². The first-order valence-corrected chi connectivity index (χ1v) is 12.5. The van der Waals surface area contributed by atoms with Crippen molar-refractivity contribution in [2.75, 3.05) is 0 Å². The molecule has 0 N–H and O–H groups in total. The molecule has 0 aromatic heterocycles. The molecule has 0 nitrogen and oxygen atoms in total. The average molecular weight is 548 g/mol. The van der Waals surface area contributed by atoms with Gasteiger partial charge in [0.05, 0.1) is 8.80 Å². The van der Waals surface area contributed by atoms with Crippen LogP contribution in [0.15, 0.2) is 91.0 Å². The van der Waals surface area contributed by atoms with Crippen molar-refractivity contribution >= 4 is 19.2 Å². The Hall–Kier alpha value is -1.19. The van der Waals surface area contributed by atoms with E-state index in [-0.39, 0.29) is 58.9 Å². The molecule has 0 spiro atoms. The maximum atomic E-state index is 2.33. The van der Waals surface area contributed by atoms with Crippen LogP contribution in [0.1, 0.15) is 33.4 Å². The van der Waals surface area contributed by atoms with Gasteiger partial charge in [-0.05, 0) is 12.0 Å². The van der Waals surface area contributed by atoms with Gasteiger partial charge in [0.2, 0.25) is 0 Å². The van der Waals surface area contributed by atoms with Crippen LogP contribution in [0.5, 0.6) is 0 Å². The van der Waals surface area contributed by atoms with E-state index in [9.17, 15) is 0 Å². The van der Waals surface area contributed by atoms with Crippen LogP contribution in [0.4, 0.5) is 0 Å². The van der Waals surface area contributed by atoms with Gasteiger partial charge in [-0.2, -0.15) is 27.8 Å². The molecule has 33 heavy (non-hydrogen) atoms. The summed E-state index contributed by atoms with van der Waals surface area (Å²) in [6.45, 7) is 6.93. The standard InChI is InChI=1S/C28H29Si.3ClH.Ti/c1-21-22(2)27(19-24-13-7-4-8-14-24)28(23(21)3)20-29(25-15-9-5-10-16-25)26-17-11-6-12-18-26;;;;/h4-18,29H,19-20H2,1-3H3;3*1H;/q-1;;;;+4/p-3. The molecular weight excluding hydrogens is 519 g/mol. The van der Waals surface area contributed by atoms with Gasteiger partial charge in [0.15, 0.2) is 0 Å². The van der Waals surface area contributed by atoms with Crippen molar-refractivity contribution in [3.8, 4) is 0 Å². The van der Waals surface area contributed by atoms with E-state index in [2.05, 4.69) is 112 Å². The number of hydrogen-bond donors (Lipinski definition) is 0. The summed E-state index contributed by atoms with van der Waals surface area (Å²) in [7, 11) is -1.35. The molecule has 0 amide bonds. The van der Waals surface area contributed by atoms with Crippen molar-refractivity contribution < 1.29 is 58.9 Å². The van der Waals surface area contributed by atoms with Crippen LogP contribution in [0.2, 0.25) is 0 Å². The van der Waals surface area contributed by atoms with Crippen molar-refractivity contribution in [1.29, 1.82) is 0 Å². The molecule has 0 fully saturated rings. The van der Waals surface area contributed by atoms with Crippen LogP contribution in [0, 0.1) is 20.8 Å². The van der Waals surface area contributed by atoms with Gasteiger partial charge in [0.1, 0.15) is 0 Å². The van der Waals surface area contributed by atoms with Gasteiger partial charge in [-0.25, -0.2) is 0 Å². The van der Waals surface area contributed by atoms with Gasteiger partial charge >= 0.3 is 21.7 Å². The van der Waals surface area contributed by atoms with E-state index >= 15 is 0 Å². The van der Waals surface area contributed by atoms with Crippen LogP contribution in [0.25, 0.3) is 0 Å². The summed E-state index contributed by atoms with van der Waals surface area (Å²) in [5.41, 5.74) is 9.00. The molecule has 0 aliphatic heterocycles. The fourth-order valence-electron chi connectivity index (χ4n) is 4.51. The van der Waals surface area contributed by atoms with Gasteiger partial charge in [-0.15, -0.1) is 0 Å². The fraction of sp³-hybridized carbons (Fsp3) is 0.179. The third kappa shape index (κ3) is 7.39. The summed E-state index contributed by atoms with van der Waals surface area (Å²) in [5, 5.41) is 3.06. The third-order valence-corrected chi connectivity index (χ3v) is 9.63. The molecule has 4 rings (SSSR count). The average Bonchev–Trinajstić information content (AvgIpc) is 2.97. The number of hydrogen-bond acceptors (Lipinski definition) is 0. The van der Waals surface area contributed by atoms with Crippen molar-refractivity contribution in [2.45, 2.75) is 33.2 Å². The zero-order valence-electron chi connectivity index (χ0n) is 19.3. The van der Waals surface area contributed by atoms with Crippen LogP contribution >= 0.6 is 0 Å². The van der Waals surface area contributed by atoms with Crippen molar-refractivity contribution in [3.63, 3.8) is 0 Å². The number of halogens is 3. The quantitative estimate of drug-likeness (QED) is 0.171. The summed E-state index contributed by atoms with van der Waals surface area (Å²) >= 11 is 0. The first kappa shape index (κ1) is 31.8. The molecule has 0 saturated heterocycles. The van der Waals surface area contributed by atoms with Crippen LogP contribution in [-0.4, -0.2) is 8.80 Å². The Labute approximate surface area is 234 Å². The molecule has 0 heterocycles. The molecular formula is C28H29Cl3SiTi. The van der Waals surface area contributed by atoms with Gasteiger partial charge in [0.25, 0.3) is 0 Å². The number of benzene rings is 3. The Bertz CT molecular complexity index is 1040. The predicted octanol–water partition coefficient (Wildman–Crippen LogP) is -3.95. The van der Waals surface area contributed by atoms with E-state index in [4.69, 9.17) is 0 Å². The maximum Gasteiger partial charge on any atom is 4.00 e. The molecule has 5 heteroatoms. The Morgan fingerprint density at radius 1 is 0.606 bits per heavy atom. The van der Waals surface area contributed by atoms with E-state index in [0.717, 1.165) is 6.42 Å². The Morgan fingerprint density at radius 2 is 1.03 bits per heavy atom. The van der Waals surface area contributed by atoms with E-state index in [1.54, 1.807) is 11.1 Å². The van der Waals surface area contributed by atoms with E-state index < -0.39 is 8.80 Å². The Kier molecular flexibility index (Phi) is 14.4. The van der Waals surface area contributed by atoms with Gasteiger partial charge < -0.3 is 37.2 Å². The van der Waals surface area contributed by atoms with Crippen molar-refractivity contribution in [2.24, 2.45) is 0 Å². The molecule has 4 aromatic carbocycles. The Balaban J connectivity index is 0.00000256. The smallest absolute Gasteiger partial charge is 1.00 e. The SMILES string of the molecule is Cc1c(C)c(Cc2ccccc2)[c-](C[SiH](c2ccccc2)c2ccccc2)c1C.[Cl-].[Cl-].[Cl-].[Ti+4]. The summed E-state index contributed by atoms with van der Waals surface area (Å²) in [4.78, 5) is 0. The molecule has 0 unspecified atom stereocenters. The number of rotatable bonds is 6. The van der Waals surface area contributed by atoms with E-state index in [1.807, 2.05) is 0 Å². The monoisotopic (exact) mass is 546 g/mol. The first-order valence-electron chi connectivity index (χ1n) is 10.5. The van der Waals surface area contributed by atoms with Gasteiger partial charge in [-0.3, -0.25) is 0 Å². The zero-order chi connectivity index (χ0) is 20.2. The maximum absolute atomic E-state index is 2.33. The summed E-state index contributed by atoms with van der Waals surface area (Å²) in [6, 6.07) is 34.4. The summed E-state index contributed by atoms with van der Waals surface area (Å²) in [6.07, 6.45) is 1.03. The second-order valence-electron chi connectivity index (χ2n) is 8.07. The molecule has 0 atom stereocenters. The fourth-order valence-corrected chi connectivity index (χ4v) is 7.70. The largest absolute Gasteiger partial charge is 4.00 e. The molecule has 0 aliphatic carbocycles. The second kappa shape index (κ2) is 14.9. The van der Waals surface area contributed by atoms with Crippen molar-refractivity contribution in [3.05, 3.63) is 124 Å². The molecule has 0 saturated carbocycles. The first-order chi connectivity index (χ1) is 14.1. The minimum Gasteiger partial charge on any atom is -1.00 e. The zero-order valence-corrected chi connectivity index (χ0v) is 24.3. The van der Waals surface area contributed by atoms with E-state index in [0.29, 0.717) is 0 Å². The van der Waals surface area contributed by atoms with Gasteiger partial charge in [-0.1, -0.05) is 128 Å². The minimum atomic E-state index is -1.35. The molecule has 4 aromatic rings. The predicted molar refractivity (Wildman–Crippen MR) is 128 cm³/mol.